The molecule has 0 aromatic rings. The molecule has 0 saturated carbocycles. The zero-order chi connectivity index (χ0) is 15.1. The van der Waals surface area contributed by atoms with Gasteiger partial charge in [0.25, 0.3) is 0 Å². The van der Waals surface area contributed by atoms with E-state index in [1.54, 1.807) is 0 Å². The predicted octanol–water partition coefficient (Wildman–Crippen LogP) is 2.02. The average Bonchev–Trinajstić information content (AvgIpc) is 2.42. The van der Waals surface area contributed by atoms with Crippen molar-refractivity contribution in [2.24, 2.45) is 0 Å². The Bertz CT molecular complexity index is 271. The summed E-state index contributed by atoms with van der Waals surface area (Å²) >= 11 is 0. The number of hydrogen-bond donors (Lipinski definition) is 2. The number of unbranched alkanes of at least 4 members (excludes halogenated alkanes) is 1. The summed E-state index contributed by atoms with van der Waals surface area (Å²) in [6.07, 6.45) is 4.49. The van der Waals surface area contributed by atoms with Crippen LogP contribution in [0.4, 0.5) is 0 Å². The quantitative estimate of drug-likeness (QED) is 0.637. The first-order chi connectivity index (χ1) is 9.43. The minimum atomic E-state index is -0.115. The third-order valence-electron chi connectivity index (χ3n) is 4.37. The summed E-state index contributed by atoms with van der Waals surface area (Å²) in [6, 6.07) is 0. The molecular weight excluding hydrogens is 252 g/mol. The van der Waals surface area contributed by atoms with E-state index in [1.165, 1.54) is 6.42 Å². The molecule has 20 heavy (non-hydrogen) atoms. The van der Waals surface area contributed by atoms with Crippen molar-refractivity contribution in [3.8, 4) is 0 Å². The van der Waals surface area contributed by atoms with Crippen molar-refractivity contribution in [2.75, 3.05) is 39.5 Å². The number of morpholine rings is 1. The summed E-state index contributed by atoms with van der Waals surface area (Å²) in [5.41, 5.74) is 0.0511. The molecule has 0 amide bonds. The van der Waals surface area contributed by atoms with Crippen LogP contribution in [0.5, 0.6) is 0 Å². The lowest BCUT2D eigenvalue weighted by molar-refractivity contribution is -0.0515. The van der Waals surface area contributed by atoms with Crippen LogP contribution in [0.15, 0.2) is 0 Å². The molecule has 2 N–H and O–H groups in total. The van der Waals surface area contributed by atoms with Crippen LogP contribution in [0.25, 0.3) is 0 Å². The van der Waals surface area contributed by atoms with Crippen LogP contribution in [0.2, 0.25) is 0 Å². The number of ether oxygens (including phenoxy) is 1. The molecule has 0 aromatic heterocycles. The molecule has 1 fully saturated rings. The molecule has 1 atom stereocenters. The second-order valence-corrected chi connectivity index (χ2v) is 6.95. The van der Waals surface area contributed by atoms with Gasteiger partial charge in [0, 0.05) is 17.6 Å². The molecule has 1 aliphatic rings. The van der Waals surface area contributed by atoms with Crippen molar-refractivity contribution in [3.63, 3.8) is 0 Å². The third-order valence-corrected chi connectivity index (χ3v) is 4.37. The lowest BCUT2D eigenvalue weighted by atomic mass is 9.95. The van der Waals surface area contributed by atoms with Crippen molar-refractivity contribution in [3.05, 3.63) is 0 Å². The zero-order valence-electron chi connectivity index (χ0n) is 13.9. The normalized spacial score (nSPS) is 22.6. The van der Waals surface area contributed by atoms with Gasteiger partial charge in [-0.1, -0.05) is 13.3 Å². The van der Waals surface area contributed by atoms with E-state index in [0.717, 1.165) is 52.1 Å². The third kappa shape index (κ3) is 5.68. The molecule has 1 unspecified atom stereocenters. The smallest absolute Gasteiger partial charge is 0.0645 e. The number of rotatable bonds is 9. The summed E-state index contributed by atoms with van der Waals surface area (Å²) < 4.78 is 5.55. The molecule has 1 aliphatic heterocycles. The van der Waals surface area contributed by atoms with E-state index >= 15 is 0 Å². The second-order valence-electron chi connectivity index (χ2n) is 6.95. The van der Waals surface area contributed by atoms with Crippen LogP contribution in [0, 0.1) is 0 Å². The zero-order valence-corrected chi connectivity index (χ0v) is 13.9. The van der Waals surface area contributed by atoms with E-state index in [1.807, 2.05) is 0 Å². The molecule has 4 nitrogen and oxygen atoms in total. The molecule has 4 heteroatoms. The SMILES string of the molecule is CCCNC(C)(CO)CCCCN1CCOCC1(C)C. The highest BCUT2D eigenvalue weighted by Crippen LogP contribution is 2.20. The Kier molecular flexibility index (Phi) is 7.45. The Balaban J connectivity index is 2.26. The van der Waals surface area contributed by atoms with Gasteiger partial charge in [-0.15, -0.1) is 0 Å². The van der Waals surface area contributed by atoms with Gasteiger partial charge < -0.3 is 15.2 Å². The lowest BCUT2D eigenvalue weighted by Crippen LogP contribution is -2.53. The molecular formula is C16H34N2O2. The largest absolute Gasteiger partial charge is 0.394 e. The Morgan fingerprint density at radius 2 is 2.10 bits per heavy atom. The monoisotopic (exact) mass is 286 g/mol. The minimum absolute atomic E-state index is 0.115. The molecule has 0 aromatic carbocycles. The fourth-order valence-corrected chi connectivity index (χ4v) is 2.77. The molecule has 1 heterocycles. The first-order valence-corrected chi connectivity index (χ1v) is 8.12. The van der Waals surface area contributed by atoms with Crippen LogP contribution < -0.4 is 5.32 Å². The first kappa shape index (κ1) is 17.9. The van der Waals surface area contributed by atoms with E-state index in [0.29, 0.717) is 0 Å². The second kappa shape index (κ2) is 8.32. The molecule has 1 rings (SSSR count). The fraction of sp³-hybridized carbons (Fsp3) is 1.00. The maximum Gasteiger partial charge on any atom is 0.0645 e. The first-order valence-electron chi connectivity index (χ1n) is 8.12. The molecule has 1 saturated heterocycles. The van der Waals surface area contributed by atoms with Gasteiger partial charge in [0.15, 0.2) is 0 Å². The number of nitrogens with zero attached hydrogens (tertiary/aromatic N) is 1. The molecule has 0 radical (unpaired) electrons. The van der Waals surface area contributed by atoms with Gasteiger partial charge in [-0.05, 0) is 53.1 Å². The maximum absolute atomic E-state index is 9.55. The van der Waals surface area contributed by atoms with E-state index in [2.05, 4.69) is 37.9 Å². The average molecular weight is 286 g/mol. The summed E-state index contributed by atoms with van der Waals surface area (Å²) in [7, 11) is 0. The number of nitrogens with one attached hydrogen (secondary N) is 1. The van der Waals surface area contributed by atoms with Gasteiger partial charge in [-0.3, -0.25) is 4.90 Å². The van der Waals surface area contributed by atoms with Crippen LogP contribution in [0.1, 0.15) is 53.4 Å². The number of aliphatic hydroxyl groups excluding tert-OH is 1. The van der Waals surface area contributed by atoms with Gasteiger partial charge in [-0.2, -0.15) is 0 Å². The van der Waals surface area contributed by atoms with Crippen LogP contribution in [-0.4, -0.2) is 60.5 Å². The summed E-state index contributed by atoms with van der Waals surface area (Å²) in [5, 5.41) is 13.0. The van der Waals surface area contributed by atoms with E-state index in [9.17, 15) is 5.11 Å². The van der Waals surface area contributed by atoms with E-state index < -0.39 is 0 Å². The van der Waals surface area contributed by atoms with Crippen LogP contribution in [0.3, 0.4) is 0 Å². The van der Waals surface area contributed by atoms with Gasteiger partial charge in [0.2, 0.25) is 0 Å². The molecule has 0 spiro atoms. The Labute approximate surface area is 124 Å². The highest BCUT2D eigenvalue weighted by atomic mass is 16.5. The van der Waals surface area contributed by atoms with Crippen LogP contribution in [-0.2, 0) is 4.74 Å². The number of aliphatic hydroxyl groups is 1. The lowest BCUT2D eigenvalue weighted by Gasteiger charge is -2.42. The summed E-state index contributed by atoms with van der Waals surface area (Å²) in [5.74, 6) is 0. The molecule has 0 aliphatic carbocycles. The number of hydrogen-bond acceptors (Lipinski definition) is 4. The van der Waals surface area contributed by atoms with Crippen molar-refractivity contribution in [1.82, 2.24) is 10.2 Å². The predicted molar refractivity (Wildman–Crippen MR) is 84.1 cm³/mol. The Morgan fingerprint density at radius 3 is 2.70 bits per heavy atom. The molecule has 120 valence electrons. The minimum Gasteiger partial charge on any atom is -0.394 e. The van der Waals surface area contributed by atoms with Gasteiger partial charge in [0.1, 0.15) is 0 Å². The Morgan fingerprint density at radius 1 is 1.35 bits per heavy atom. The van der Waals surface area contributed by atoms with Crippen molar-refractivity contribution < 1.29 is 9.84 Å². The van der Waals surface area contributed by atoms with Crippen LogP contribution >= 0.6 is 0 Å². The fourth-order valence-electron chi connectivity index (χ4n) is 2.77. The highest BCUT2D eigenvalue weighted by Gasteiger charge is 2.30. The maximum atomic E-state index is 9.55. The standard InChI is InChI=1S/C16H34N2O2/c1-5-9-17-16(4,13-19)8-6-7-10-18-11-12-20-14-15(18,2)3/h17,19H,5-14H2,1-4H3. The van der Waals surface area contributed by atoms with E-state index in [4.69, 9.17) is 4.74 Å². The van der Waals surface area contributed by atoms with Crippen molar-refractivity contribution in [2.45, 2.75) is 64.5 Å². The summed E-state index contributed by atoms with van der Waals surface area (Å²) in [6.45, 7) is 13.9. The van der Waals surface area contributed by atoms with Crippen molar-refractivity contribution in [1.29, 1.82) is 0 Å². The Hall–Kier alpha value is -0.160. The van der Waals surface area contributed by atoms with Gasteiger partial charge >= 0.3 is 0 Å². The van der Waals surface area contributed by atoms with E-state index in [-0.39, 0.29) is 17.7 Å². The summed E-state index contributed by atoms with van der Waals surface area (Å²) in [4.78, 5) is 2.53. The van der Waals surface area contributed by atoms with Gasteiger partial charge in [0.05, 0.1) is 19.8 Å². The topological polar surface area (TPSA) is 44.7 Å². The highest BCUT2D eigenvalue weighted by molar-refractivity contribution is 4.85. The van der Waals surface area contributed by atoms with Gasteiger partial charge in [-0.25, -0.2) is 0 Å². The van der Waals surface area contributed by atoms with Crippen molar-refractivity contribution >= 4 is 0 Å². The molecule has 0 bridgehead atoms.